The summed E-state index contributed by atoms with van der Waals surface area (Å²) in [5.74, 6) is 2.59. The maximum Gasteiger partial charge on any atom is 0.231 e. The lowest BCUT2D eigenvalue weighted by molar-refractivity contribution is 0.174. The predicted octanol–water partition coefficient (Wildman–Crippen LogP) is 2.56. The van der Waals surface area contributed by atoms with E-state index in [9.17, 15) is 0 Å². The van der Waals surface area contributed by atoms with Gasteiger partial charge in [-0.1, -0.05) is 6.92 Å². The van der Waals surface area contributed by atoms with Crippen LogP contribution < -0.4 is 14.8 Å². The van der Waals surface area contributed by atoms with E-state index >= 15 is 0 Å². The SMILES string of the molecule is CC1CCN(CCNc2ccc3c(c2)OCO3)CC1. The third-order valence-electron chi connectivity index (χ3n) is 4.01. The van der Waals surface area contributed by atoms with Crippen LogP contribution in [0.4, 0.5) is 5.69 Å². The number of benzene rings is 1. The fraction of sp³-hybridized carbons (Fsp3) is 0.600. The highest BCUT2D eigenvalue weighted by Gasteiger charge is 2.15. The molecule has 4 nitrogen and oxygen atoms in total. The van der Waals surface area contributed by atoms with Gasteiger partial charge in [0.15, 0.2) is 11.5 Å². The van der Waals surface area contributed by atoms with E-state index in [-0.39, 0.29) is 0 Å². The number of nitrogens with one attached hydrogen (secondary N) is 1. The maximum atomic E-state index is 5.37. The van der Waals surface area contributed by atoms with Gasteiger partial charge in [-0.05, 0) is 44.0 Å². The van der Waals surface area contributed by atoms with Gasteiger partial charge in [-0.2, -0.15) is 0 Å². The molecule has 0 aromatic heterocycles. The zero-order chi connectivity index (χ0) is 13.1. The first-order valence-corrected chi connectivity index (χ1v) is 7.17. The van der Waals surface area contributed by atoms with E-state index in [2.05, 4.69) is 17.1 Å². The van der Waals surface area contributed by atoms with Gasteiger partial charge < -0.3 is 19.7 Å². The highest BCUT2D eigenvalue weighted by atomic mass is 16.7. The standard InChI is InChI=1S/C15H22N2O2/c1-12-4-7-17(8-5-12)9-6-16-13-2-3-14-15(10-13)19-11-18-14/h2-3,10,12,16H,4-9,11H2,1H3. The predicted molar refractivity (Wildman–Crippen MR) is 75.9 cm³/mol. The summed E-state index contributed by atoms with van der Waals surface area (Å²) >= 11 is 0. The van der Waals surface area contributed by atoms with Gasteiger partial charge in [-0.25, -0.2) is 0 Å². The minimum Gasteiger partial charge on any atom is -0.454 e. The fourth-order valence-electron chi connectivity index (χ4n) is 2.65. The Morgan fingerprint density at radius 3 is 2.84 bits per heavy atom. The number of rotatable bonds is 4. The van der Waals surface area contributed by atoms with Gasteiger partial charge in [0.1, 0.15) is 0 Å². The smallest absolute Gasteiger partial charge is 0.231 e. The van der Waals surface area contributed by atoms with Gasteiger partial charge in [-0.15, -0.1) is 0 Å². The van der Waals surface area contributed by atoms with Crippen LogP contribution >= 0.6 is 0 Å². The van der Waals surface area contributed by atoms with Crippen molar-refractivity contribution in [3.8, 4) is 11.5 Å². The first-order valence-electron chi connectivity index (χ1n) is 7.17. The number of fused-ring (bicyclic) bond motifs is 1. The Morgan fingerprint density at radius 1 is 1.21 bits per heavy atom. The first-order chi connectivity index (χ1) is 9.31. The van der Waals surface area contributed by atoms with Gasteiger partial charge in [0.05, 0.1) is 0 Å². The van der Waals surface area contributed by atoms with Crippen molar-refractivity contribution in [3.05, 3.63) is 18.2 Å². The second kappa shape index (κ2) is 5.70. The highest BCUT2D eigenvalue weighted by molar-refractivity contribution is 5.55. The van der Waals surface area contributed by atoms with E-state index in [0.717, 1.165) is 36.2 Å². The first kappa shape index (κ1) is 12.6. The second-order valence-corrected chi connectivity index (χ2v) is 5.52. The zero-order valence-electron chi connectivity index (χ0n) is 11.5. The molecule has 0 aliphatic carbocycles. The third-order valence-corrected chi connectivity index (χ3v) is 4.01. The molecular formula is C15H22N2O2. The summed E-state index contributed by atoms with van der Waals surface area (Å²) in [4.78, 5) is 2.54. The van der Waals surface area contributed by atoms with Crippen LogP contribution in [0.15, 0.2) is 18.2 Å². The molecule has 1 saturated heterocycles. The number of ether oxygens (including phenoxy) is 2. The molecule has 1 aromatic rings. The topological polar surface area (TPSA) is 33.7 Å². The molecule has 0 unspecified atom stereocenters. The van der Waals surface area contributed by atoms with E-state index in [1.807, 2.05) is 18.2 Å². The number of piperidine rings is 1. The van der Waals surface area contributed by atoms with Crippen molar-refractivity contribution in [2.24, 2.45) is 5.92 Å². The van der Waals surface area contributed by atoms with Crippen LogP contribution in [0.25, 0.3) is 0 Å². The second-order valence-electron chi connectivity index (χ2n) is 5.52. The summed E-state index contributed by atoms with van der Waals surface area (Å²) in [7, 11) is 0. The Balaban J connectivity index is 1.45. The summed E-state index contributed by atoms with van der Waals surface area (Å²) in [6.45, 7) is 7.26. The van der Waals surface area contributed by atoms with E-state index < -0.39 is 0 Å². The number of hydrogen-bond acceptors (Lipinski definition) is 4. The molecule has 0 bridgehead atoms. The van der Waals surface area contributed by atoms with Gasteiger partial charge in [-0.3, -0.25) is 0 Å². The van der Waals surface area contributed by atoms with Crippen LogP contribution in [0.3, 0.4) is 0 Å². The molecule has 1 N–H and O–H groups in total. The van der Waals surface area contributed by atoms with E-state index in [4.69, 9.17) is 9.47 Å². The van der Waals surface area contributed by atoms with Crippen molar-refractivity contribution in [3.63, 3.8) is 0 Å². The summed E-state index contributed by atoms with van der Waals surface area (Å²) < 4.78 is 10.7. The molecule has 0 atom stereocenters. The van der Waals surface area contributed by atoms with Crippen molar-refractivity contribution in [1.82, 2.24) is 4.90 Å². The number of likely N-dealkylation sites (tertiary alicyclic amines) is 1. The average Bonchev–Trinajstić information content (AvgIpc) is 2.88. The largest absolute Gasteiger partial charge is 0.454 e. The van der Waals surface area contributed by atoms with Crippen LogP contribution in [0, 0.1) is 5.92 Å². The molecule has 19 heavy (non-hydrogen) atoms. The Bertz CT molecular complexity index is 428. The van der Waals surface area contributed by atoms with Crippen LogP contribution in [0.2, 0.25) is 0 Å². The van der Waals surface area contributed by atoms with Gasteiger partial charge in [0, 0.05) is 24.8 Å². The molecule has 2 aliphatic heterocycles. The van der Waals surface area contributed by atoms with Gasteiger partial charge in [0.2, 0.25) is 6.79 Å². The molecule has 2 heterocycles. The molecule has 3 rings (SSSR count). The van der Waals surface area contributed by atoms with Crippen molar-refractivity contribution in [2.45, 2.75) is 19.8 Å². The minimum atomic E-state index is 0.338. The van der Waals surface area contributed by atoms with E-state index in [1.165, 1.54) is 25.9 Å². The van der Waals surface area contributed by atoms with Crippen LogP contribution in [-0.4, -0.2) is 37.9 Å². The number of anilines is 1. The molecule has 1 aromatic carbocycles. The van der Waals surface area contributed by atoms with Crippen LogP contribution in [-0.2, 0) is 0 Å². The van der Waals surface area contributed by atoms with E-state index in [0.29, 0.717) is 6.79 Å². The third kappa shape index (κ3) is 3.13. The van der Waals surface area contributed by atoms with Gasteiger partial charge in [0.25, 0.3) is 0 Å². The van der Waals surface area contributed by atoms with E-state index in [1.54, 1.807) is 0 Å². The van der Waals surface area contributed by atoms with Crippen LogP contribution in [0.5, 0.6) is 11.5 Å². The summed E-state index contributed by atoms with van der Waals surface area (Å²) in [6.07, 6.45) is 2.67. The van der Waals surface area contributed by atoms with Crippen molar-refractivity contribution >= 4 is 5.69 Å². The van der Waals surface area contributed by atoms with Crippen molar-refractivity contribution in [1.29, 1.82) is 0 Å². The quantitative estimate of drug-likeness (QED) is 0.904. The molecule has 2 aliphatic rings. The molecule has 0 saturated carbocycles. The maximum absolute atomic E-state index is 5.37. The lowest BCUT2D eigenvalue weighted by Crippen LogP contribution is -2.36. The zero-order valence-corrected chi connectivity index (χ0v) is 11.5. The molecule has 0 amide bonds. The van der Waals surface area contributed by atoms with Crippen LogP contribution in [0.1, 0.15) is 19.8 Å². The summed E-state index contributed by atoms with van der Waals surface area (Å²) in [5, 5.41) is 3.46. The number of hydrogen-bond donors (Lipinski definition) is 1. The number of nitrogens with zero attached hydrogens (tertiary/aromatic N) is 1. The Labute approximate surface area is 114 Å². The van der Waals surface area contributed by atoms with Crippen molar-refractivity contribution < 1.29 is 9.47 Å². The molecule has 0 radical (unpaired) electrons. The Hall–Kier alpha value is -1.42. The molecule has 1 fully saturated rings. The fourth-order valence-corrected chi connectivity index (χ4v) is 2.65. The molecule has 0 spiro atoms. The average molecular weight is 262 g/mol. The normalized spacial score (nSPS) is 19.6. The summed E-state index contributed by atoms with van der Waals surface area (Å²) in [5.41, 5.74) is 1.11. The van der Waals surface area contributed by atoms with Gasteiger partial charge >= 0.3 is 0 Å². The lowest BCUT2D eigenvalue weighted by Gasteiger charge is -2.30. The lowest BCUT2D eigenvalue weighted by atomic mass is 9.99. The molecule has 4 heteroatoms. The summed E-state index contributed by atoms with van der Waals surface area (Å²) in [6, 6.07) is 6.03. The minimum absolute atomic E-state index is 0.338. The molecular weight excluding hydrogens is 240 g/mol. The Morgan fingerprint density at radius 2 is 2.00 bits per heavy atom. The monoisotopic (exact) mass is 262 g/mol. The van der Waals surface area contributed by atoms with Crippen molar-refractivity contribution in [2.75, 3.05) is 38.3 Å². The Kier molecular flexibility index (Phi) is 3.78. The molecule has 104 valence electrons. The highest BCUT2D eigenvalue weighted by Crippen LogP contribution is 2.34.